The highest BCUT2D eigenvalue weighted by Crippen LogP contribution is 2.25. The molecule has 0 saturated carbocycles. The summed E-state index contributed by atoms with van der Waals surface area (Å²) in [6, 6.07) is 7.16. The van der Waals surface area contributed by atoms with E-state index in [0.29, 0.717) is 30.1 Å². The van der Waals surface area contributed by atoms with E-state index in [-0.39, 0.29) is 0 Å². The maximum Gasteiger partial charge on any atom is 0.248 e. The molecule has 102 valence electrons. The van der Waals surface area contributed by atoms with Gasteiger partial charge < -0.3 is 16.4 Å². The minimum Gasteiger partial charge on any atom is -0.397 e. The number of primary amides is 1. The first-order chi connectivity index (χ1) is 8.95. The summed E-state index contributed by atoms with van der Waals surface area (Å²) in [6.07, 6.45) is 0.434. The van der Waals surface area contributed by atoms with Crippen LogP contribution in [0.15, 0.2) is 18.2 Å². The van der Waals surface area contributed by atoms with Gasteiger partial charge in [0, 0.05) is 18.7 Å². The monoisotopic (exact) mass is 260 g/mol. The molecular weight excluding hydrogens is 240 g/mol. The minimum absolute atomic E-state index is 0.394. The molecular formula is C14H20N4O. The zero-order chi connectivity index (χ0) is 14.4. The van der Waals surface area contributed by atoms with Gasteiger partial charge in [-0.1, -0.05) is 13.8 Å². The molecule has 0 aliphatic carbocycles. The van der Waals surface area contributed by atoms with Crippen molar-refractivity contribution in [2.75, 3.05) is 23.7 Å². The second-order valence-corrected chi connectivity index (χ2v) is 4.89. The lowest BCUT2D eigenvalue weighted by Gasteiger charge is -2.27. The molecule has 1 aromatic rings. The Morgan fingerprint density at radius 2 is 2.16 bits per heavy atom. The molecule has 1 aromatic carbocycles. The van der Waals surface area contributed by atoms with E-state index in [1.54, 1.807) is 18.2 Å². The Hall–Kier alpha value is -2.22. The summed E-state index contributed by atoms with van der Waals surface area (Å²) in [7, 11) is 0. The number of nitrogens with zero attached hydrogens (tertiary/aromatic N) is 2. The van der Waals surface area contributed by atoms with Gasteiger partial charge in [-0.25, -0.2) is 0 Å². The van der Waals surface area contributed by atoms with Gasteiger partial charge >= 0.3 is 0 Å². The van der Waals surface area contributed by atoms with E-state index < -0.39 is 5.91 Å². The summed E-state index contributed by atoms with van der Waals surface area (Å²) in [5.41, 5.74) is 12.9. The molecule has 1 rings (SSSR count). The fourth-order valence-electron chi connectivity index (χ4n) is 1.93. The molecule has 0 radical (unpaired) electrons. The van der Waals surface area contributed by atoms with Crippen molar-refractivity contribution in [3.05, 3.63) is 23.8 Å². The Kier molecular flexibility index (Phi) is 5.19. The van der Waals surface area contributed by atoms with Crippen molar-refractivity contribution >= 4 is 17.3 Å². The van der Waals surface area contributed by atoms with E-state index in [9.17, 15) is 4.79 Å². The number of benzene rings is 1. The summed E-state index contributed by atoms with van der Waals surface area (Å²) in [6.45, 7) is 5.64. The van der Waals surface area contributed by atoms with Gasteiger partial charge in [0.25, 0.3) is 0 Å². The van der Waals surface area contributed by atoms with Gasteiger partial charge in [0.15, 0.2) is 0 Å². The lowest BCUT2D eigenvalue weighted by molar-refractivity contribution is 0.100. The van der Waals surface area contributed by atoms with Gasteiger partial charge in [-0.15, -0.1) is 0 Å². The molecule has 5 nitrogen and oxygen atoms in total. The van der Waals surface area contributed by atoms with Crippen LogP contribution in [-0.2, 0) is 0 Å². The van der Waals surface area contributed by atoms with Crippen molar-refractivity contribution in [2.45, 2.75) is 20.3 Å². The number of carbonyl (C=O) groups excluding carboxylic acids is 1. The number of carbonyl (C=O) groups is 1. The van der Waals surface area contributed by atoms with Crippen LogP contribution in [0, 0.1) is 17.2 Å². The second-order valence-electron chi connectivity index (χ2n) is 4.89. The van der Waals surface area contributed by atoms with Crippen molar-refractivity contribution in [2.24, 2.45) is 11.7 Å². The first-order valence-electron chi connectivity index (χ1n) is 6.27. The van der Waals surface area contributed by atoms with Gasteiger partial charge in [0.05, 0.1) is 23.9 Å². The lowest BCUT2D eigenvalue weighted by atomic mass is 10.1. The molecule has 0 aromatic heterocycles. The third-order valence-electron chi connectivity index (χ3n) is 2.73. The molecule has 5 heteroatoms. The van der Waals surface area contributed by atoms with Gasteiger partial charge in [-0.3, -0.25) is 4.79 Å². The first kappa shape index (κ1) is 14.8. The van der Waals surface area contributed by atoms with Crippen molar-refractivity contribution < 1.29 is 4.79 Å². The Balaban J connectivity index is 3.01. The molecule has 0 aliphatic rings. The molecule has 0 fully saturated rings. The normalized spacial score (nSPS) is 10.2. The largest absolute Gasteiger partial charge is 0.397 e. The SMILES string of the molecule is CC(C)CN(CCC#N)c1ccc(C(N)=O)cc1N. The average molecular weight is 260 g/mol. The fourth-order valence-corrected chi connectivity index (χ4v) is 1.93. The Labute approximate surface area is 113 Å². The number of nitrogens with two attached hydrogens (primary N) is 2. The van der Waals surface area contributed by atoms with Crippen LogP contribution in [0.1, 0.15) is 30.6 Å². The fraction of sp³-hybridized carbons (Fsp3) is 0.429. The molecule has 0 spiro atoms. The van der Waals surface area contributed by atoms with E-state index in [0.717, 1.165) is 12.2 Å². The maximum atomic E-state index is 11.1. The van der Waals surface area contributed by atoms with Crippen molar-refractivity contribution in [3.63, 3.8) is 0 Å². The number of hydrogen-bond donors (Lipinski definition) is 2. The number of anilines is 2. The molecule has 0 aliphatic heterocycles. The lowest BCUT2D eigenvalue weighted by Crippen LogP contribution is -2.29. The molecule has 1 amide bonds. The highest BCUT2D eigenvalue weighted by Gasteiger charge is 2.13. The number of rotatable bonds is 6. The molecule has 4 N–H and O–H groups in total. The van der Waals surface area contributed by atoms with Crippen molar-refractivity contribution in [3.8, 4) is 6.07 Å². The van der Waals surface area contributed by atoms with E-state index in [1.165, 1.54) is 0 Å². The molecule has 0 atom stereocenters. The predicted molar refractivity (Wildman–Crippen MR) is 76.7 cm³/mol. The maximum absolute atomic E-state index is 11.1. The van der Waals surface area contributed by atoms with Gasteiger partial charge in [-0.05, 0) is 24.1 Å². The third kappa shape index (κ3) is 4.18. The van der Waals surface area contributed by atoms with Gasteiger partial charge in [0.2, 0.25) is 5.91 Å². The van der Waals surface area contributed by atoms with Crippen LogP contribution in [-0.4, -0.2) is 19.0 Å². The van der Waals surface area contributed by atoms with Crippen molar-refractivity contribution in [1.29, 1.82) is 5.26 Å². The highest BCUT2D eigenvalue weighted by atomic mass is 16.1. The van der Waals surface area contributed by atoms with E-state index in [4.69, 9.17) is 16.7 Å². The van der Waals surface area contributed by atoms with E-state index >= 15 is 0 Å². The average Bonchev–Trinajstić information content (AvgIpc) is 2.34. The predicted octanol–water partition coefficient (Wildman–Crippen LogP) is 1.74. The van der Waals surface area contributed by atoms with Gasteiger partial charge in [-0.2, -0.15) is 5.26 Å². The molecule has 0 bridgehead atoms. The molecule has 0 saturated heterocycles. The van der Waals surface area contributed by atoms with Crippen LogP contribution in [0.2, 0.25) is 0 Å². The number of amides is 1. The second kappa shape index (κ2) is 6.64. The van der Waals surface area contributed by atoms with Crippen LogP contribution < -0.4 is 16.4 Å². The smallest absolute Gasteiger partial charge is 0.248 e. The Morgan fingerprint density at radius 1 is 1.47 bits per heavy atom. The van der Waals surface area contributed by atoms with E-state index in [1.807, 2.05) is 0 Å². The van der Waals surface area contributed by atoms with E-state index in [2.05, 4.69) is 24.8 Å². The standard InChI is InChI=1S/C14H20N4O/c1-10(2)9-18(7-3-6-15)13-5-4-11(14(17)19)8-12(13)16/h4-5,8,10H,3,7,9,16H2,1-2H3,(H2,17,19). The molecule has 0 heterocycles. The molecule has 19 heavy (non-hydrogen) atoms. The quantitative estimate of drug-likeness (QED) is 0.761. The van der Waals surface area contributed by atoms with Crippen LogP contribution >= 0.6 is 0 Å². The molecule has 0 unspecified atom stereocenters. The summed E-state index contributed by atoms with van der Waals surface area (Å²) < 4.78 is 0. The van der Waals surface area contributed by atoms with Crippen molar-refractivity contribution in [1.82, 2.24) is 0 Å². The van der Waals surface area contributed by atoms with Crippen LogP contribution in [0.3, 0.4) is 0 Å². The minimum atomic E-state index is -0.495. The summed E-state index contributed by atoms with van der Waals surface area (Å²) >= 11 is 0. The Bertz CT molecular complexity index is 491. The zero-order valence-corrected chi connectivity index (χ0v) is 11.4. The number of hydrogen-bond acceptors (Lipinski definition) is 4. The van der Waals surface area contributed by atoms with Gasteiger partial charge in [0.1, 0.15) is 0 Å². The topological polar surface area (TPSA) is 96.1 Å². The van der Waals surface area contributed by atoms with Crippen LogP contribution in [0.5, 0.6) is 0 Å². The summed E-state index contributed by atoms with van der Waals surface area (Å²) in [5, 5.41) is 8.71. The number of nitrogen functional groups attached to an aromatic ring is 1. The Morgan fingerprint density at radius 3 is 2.63 bits per heavy atom. The van der Waals surface area contributed by atoms with Crippen LogP contribution in [0.25, 0.3) is 0 Å². The first-order valence-corrected chi connectivity index (χ1v) is 6.27. The zero-order valence-electron chi connectivity index (χ0n) is 11.4. The summed E-state index contributed by atoms with van der Waals surface area (Å²) in [4.78, 5) is 13.2. The number of nitriles is 1. The van der Waals surface area contributed by atoms with Crippen LogP contribution in [0.4, 0.5) is 11.4 Å². The highest BCUT2D eigenvalue weighted by molar-refractivity contribution is 5.94. The third-order valence-corrected chi connectivity index (χ3v) is 2.73. The summed E-state index contributed by atoms with van der Waals surface area (Å²) in [5.74, 6) is -0.0420.